The lowest BCUT2D eigenvalue weighted by Crippen LogP contribution is -3.00. The fraction of sp³-hybridized carbons (Fsp3) is 0.0909. The predicted octanol–water partition coefficient (Wildman–Crippen LogP) is -1.10. The molecule has 0 radical (unpaired) electrons. The minimum Gasteiger partial charge on any atom is -1.00 e. The number of halogens is 1. The van der Waals surface area contributed by atoms with Crippen LogP contribution in [-0.2, 0) is 0 Å². The Morgan fingerprint density at radius 1 is 1.29 bits per heavy atom. The third kappa shape index (κ3) is 2.21. The van der Waals surface area contributed by atoms with Gasteiger partial charge in [0.1, 0.15) is 5.70 Å². The van der Waals surface area contributed by atoms with Gasteiger partial charge in [-0.3, -0.25) is 5.32 Å². The first-order valence-electron chi connectivity index (χ1n) is 4.25. The lowest BCUT2D eigenvalue weighted by Gasteiger charge is -2.10. The standard InChI is InChI=1S/C11H11NS.ClH/c1-13-8-11-10-5-3-2-4-9(10)6-7-12-11;/h2-8,12H,1H3;1H. The Labute approximate surface area is 94.7 Å². The molecule has 1 nitrogen and oxygen atoms in total. The van der Waals surface area contributed by atoms with E-state index in [0.29, 0.717) is 0 Å². The molecule has 0 spiro atoms. The van der Waals surface area contributed by atoms with Crippen molar-refractivity contribution in [3.8, 4) is 0 Å². The molecule has 0 aromatic heterocycles. The molecular weight excluding hydrogens is 214 g/mol. The predicted molar refractivity (Wildman–Crippen MR) is 58.9 cm³/mol. The first-order valence-corrected chi connectivity index (χ1v) is 5.54. The van der Waals surface area contributed by atoms with Crippen molar-refractivity contribution in [3.05, 3.63) is 47.0 Å². The molecule has 0 bridgehead atoms. The lowest BCUT2D eigenvalue weighted by molar-refractivity contribution is -0.486. The molecule has 1 aromatic carbocycles. The Bertz CT molecular complexity index is 371. The zero-order chi connectivity index (χ0) is 9.10. The summed E-state index contributed by atoms with van der Waals surface area (Å²) in [4.78, 5) is 0. The number of fused-ring (bicyclic) bond motifs is 1. The van der Waals surface area contributed by atoms with E-state index in [0.717, 1.165) is 0 Å². The van der Waals surface area contributed by atoms with E-state index in [-0.39, 0.29) is 12.4 Å². The molecule has 0 amide bonds. The van der Waals surface area contributed by atoms with Crippen LogP contribution in [0.4, 0.5) is 0 Å². The summed E-state index contributed by atoms with van der Waals surface area (Å²) in [7, 11) is 0. The number of hydrogen-bond acceptors (Lipinski definition) is 1. The van der Waals surface area contributed by atoms with Crippen molar-refractivity contribution in [1.82, 2.24) is 0 Å². The molecule has 1 aromatic rings. The number of quaternary nitrogens is 1. The second-order valence-corrected chi connectivity index (χ2v) is 3.63. The van der Waals surface area contributed by atoms with Crippen LogP contribution in [0, 0.1) is 0 Å². The van der Waals surface area contributed by atoms with E-state index >= 15 is 0 Å². The Hall–Kier alpha value is -0.700. The van der Waals surface area contributed by atoms with Gasteiger partial charge in [-0.15, -0.1) is 11.8 Å². The Kier molecular flexibility index (Phi) is 4.26. The van der Waals surface area contributed by atoms with Gasteiger partial charge in [-0.1, -0.05) is 18.2 Å². The van der Waals surface area contributed by atoms with Gasteiger partial charge in [0, 0.05) is 11.0 Å². The molecule has 74 valence electrons. The smallest absolute Gasteiger partial charge is 0.148 e. The van der Waals surface area contributed by atoms with Gasteiger partial charge in [0.05, 0.1) is 6.20 Å². The van der Waals surface area contributed by atoms with Crippen LogP contribution in [0.15, 0.2) is 35.9 Å². The van der Waals surface area contributed by atoms with Gasteiger partial charge < -0.3 is 12.4 Å². The highest BCUT2D eigenvalue weighted by molar-refractivity contribution is 8.01. The first-order chi connectivity index (χ1) is 6.42. The van der Waals surface area contributed by atoms with Crippen LogP contribution >= 0.6 is 11.8 Å². The van der Waals surface area contributed by atoms with Crippen LogP contribution in [-0.4, -0.2) is 6.26 Å². The van der Waals surface area contributed by atoms with Crippen molar-refractivity contribution in [3.63, 3.8) is 0 Å². The fourth-order valence-corrected chi connectivity index (χ4v) is 1.94. The number of benzene rings is 1. The van der Waals surface area contributed by atoms with Crippen LogP contribution in [0.3, 0.4) is 0 Å². The van der Waals surface area contributed by atoms with Crippen LogP contribution in [0.1, 0.15) is 11.1 Å². The van der Waals surface area contributed by atoms with E-state index in [9.17, 15) is 0 Å². The van der Waals surface area contributed by atoms with Gasteiger partial charge >= 0.3 is 0 Å². The van der Waals surface area contributed by atoms with Crippen LogP contribution < -0.4 is 17.7 Å². The second-order valence-electron chi connectivity index (χ2n) is 2.92. The molecule has 1 aliphatic heterocycles. The number of nitrogens with two attached hydrogens (primary N) is 1. The molecule has 0 fully saturated rings. The van der Waals surface area contributed by atoms with Crippen LogP contribution in [0.2, 0.25) is 0 Å². The maximum atomic E-state index is 2.18. The van der Waals surface area contributed by atoms with E-state index in [1.165, 1.54) is 16.8 Å². The molecule has 2 N–H and O–H groups in total. The first kappa shape index (κ1) is 11.4. The zero-order valence-corrected chi connectivity index (χ0v) is 9.48. The third-order valence-electron chi connectivity index (χ3n) is 2.07. The van der Waals surface area contributed by atoms with E-state index < -0.39 is 0 Å². The summed E-state index contributed by atoms with van der Waals surface area (Å²) in [5.74, 6) is 0. The summed E-state index contributed by atoms with van der Waals surface area (Å²) >= 11 is 1.74. The summed E-state index contributed by atoms with van der Waals surface area (Å²) in [5, 5.41) is 4.33. The van der Waals surface area contributed by atoms with E-state index in [4.69, 9.17) is 0 Å². The highest BCUT2D eigenvalue weighted by Gasteiger charge is 2.11. The van der Waals surface area contributed by atoms with E-state index in [1.54, 1.807) is 11.8 Å². The highest BCUT2D eigenvalue weighted by Crippen LogP contribution is 2.19. The quantitative estimate of drug-likeness (QED) is 0.642. The summed E-state index contributed by atoms with van der Waals surface area (Å²) in [6, 6.07) is 8.47. The molecule has 2 rings (SSSR count). The van der Waals surface area contributed by atoms with Gasteiger partial charge in [-0.05, 0) is 24.0 Å². The minimum atomic E-state index is 0. The van der Waals surface area contributed by atoms with Gasteiger partial charge in [0.2, 0.25) is 0 Å². The maximum absolute atomic E-state index is 2.18. The van der Waals surface area contributed by atoms with E-state index in [1.807, 2.05) is 0 Å². The van der Waals surface area contributed by atoms with Crippen molar-refractivity contribution in [2.24, 2.45) is 0 Å². The van der Waals surface area contributed by atoms with Gasteiger partial charge in [-0.25, -0.2) is 0 Å². The molecule has 3 heteroatoms. The number of hydrogen-bond donors (Lipinski definition) is 1. The topological polar surface area (TPSA) is 16.6 Å². The summed E-state index contributed by atoms with van der Waals surface area (Å²) in [6.07, 6.45) is 6.33. The highest BCUT2D eigenvalue weighted by atomic mass is 35.5. The lowest BCUT2D eigenvalue weighted by atomic mass is 10.0. The molecule has 1 heterocycles. The Balaban J connectivity index is 0.000000980. The Morgan fingerprint density at radius 2 is 2.07 bits per heavy atom. The monoisotopic (exact) mass is 225 g/mol. The van der Waals surface area contributed by atoms with Crippen molar-refractivity contribution >= 4 is 23.5 Å². The zero-order valence-electron chi connectivity index (χ0n) is 7.91. The SMILES string of the molecule is CSC=C1[NH2+]C=Cc2ccccc21.[Cl-]. The van der Waals surface area contributed by atoms with Crippen molar-refractivity contribution in [2.45, 2.75) is 0 Å². The summed E-state index contributed by atoms with van der Waals surface area (Å²) < 4.78 is 0. The molecule has 0 saturated heterocycles. The summed E-state index contributed by atoms with van der Waals surface area (Å²) in [5.41, 5.74) is 3.95. The molecule has 14 heavy (non-hydrogen) atoms. The largest absolute Gasteiger partial charge is 1.00 e. The molecule has 0 saturated carbocycles. The maximum Gasteiger partial charge on any atom is 0.148 e. The normalized spacial score (nSPS) is 16.2. The van der Waals surface area contributed by atoms with Crippen LogP contribution in [0.5, 0.6) is 0 Å². The third-order valence-corrected chi connectivity index (χ3v) is 2.56. The van der Waals surface area contributed by atoms with Crippen molar-refractivity contribution in [1.29, 1.82) is 0 Å². The van der Waals surface area contributed by atoms with Gasteiger partial charge in [0.25, 0.3) is 0 Å². The fourth-order valence-electron chi connectivity index (χ4n) is 1.48. The van der Waals surface area contributed by atoms with Crippen molar-refractivity contribution < 1.29 is 17.7 Å². The summed E-state index contributed by atoms with van der Waals surface area (Å²) in [6.45, 7) is 0. The molecule has 1 aliphatic rings. The van der Waals surface area contributed by atoms with Gasteiger partial charge in [-0.2, -0.15) is 0 Å². The second kappa shape index (κ2) is 5.25. The number of thioether (sulfide) groups is 1. The Morgan fingerprint density at radius 3 is 2.86 bits per heavy atom. The minimum absolute atomic E-state index is 0. The van der Waals surface area contributed by atoms with E-state index in [2.05, 4.69) is 53.5 Å². The molecule has 0 atom stereocenters. The van der Waals surface area contributed by atoms with Crippen LogP contribution in [0.25, 0.3) is 11.8 Å². The number of rotatable bonds is 1. The molecular formula is C11H12ClNS. The average Bonchev–Trinajstić information content (AvgIpc) is 2.19. The average molecular weight is 226 g/mol. The molecule has 0 aliphatic carbocycles. The van der Waals surface area contributed by atoms with Gasteiger partial charge in [0.15, 0.2) is 0 Å². The molecule has 0 unspecified atom stereocenters. The van der Waals surface area contributed by atoms with Crippen molar-refractivity contribution in [2.75, 3.05) is 6.26 Å².